The molecule has 11 nitrogen and oxygen atoms in total. The first-order chi connectivity index (χ1) is 22.9. The number of carbonyl (C=O) groups is 1. The topological polar surface area (TPSA) is 134 Å². The number of hydrogen-bond donors (Lipinski definition) is 0. The van der Waals surface area contributed by atoms with Gasteiger partial charge in [-0.1, -0.05) is 38.4 Å². The number of fused-ring (bicyclic) bond motifs is 2. The van der Waals surface area contributed by atoms with Crippen molar-refractivity contribution in [2.75, 3.05) is 36.1 Å². The number of aromatic nitrogens is 4. The summed E-state index contributed by atoms with van der Waals surface area (Å²) in [4.78, 5) is 25.8. The lowest BCUT2D eigenvalue weighted by Gasteiger charge is -2.44. The van der Waals surface area contributed by atoms with Crippen LogP contribution < -0.4 is 9.64 Å². The lowest BCUT2D eigenvalue weighted by atomic mass is 9.92. The molecule has 0 N–H and O–H groups in total. The number of nitriles is 1. The highest BCUT2D eigenvalue weighted by Crippen LogP contribution is 2.42. The van der Waals surface area contributed by atoms with E-state index in [-0.39, 0.29) is 65.2 Å². The molecular formula is C34H35ClFN7O4S. The van der Waals surface area contributed by atoms with E-state index >= 15 is 0 Å². The Balaban J connectivity index is 1.27. The van der Waals surface area contributed by atoms with Crippen molar-refractivity contribution >= 4 is 44.1 Å². The van der Waals surface area contributed by atoms with Crippen LogP contribution in [0.3, 0.4) is 0 Å². The molecule has 0 spiro atoms. The minimum absolute atomic E-state index is 0.0453. The Kier molecular flexibility index (Phi) is 8.38. The Hall–Kier alpha value is -4.12. The second kappa shape index (κ2) is 12.4. The van der Waals surface area contributed by atoms with E-state index in [2.05, 4.69) is 36.7 Å². The van der Waals surface area contributed by atoms with E-state index in [1.54, 1.807) is 18.3 Å². The number of pyridine rings is 2. The van der Waals surface area contributed by atoms with Gasteiger partial charge in [-0.2, -0.15) is 10.4 Å². The van der Waals surface area contributed by atoms with Gasteiger partial charge in [0.15, 0.2) is 22.1 Å². The lowest BCUT2D eigenvalue weighted by molar-refractivity contribution is -0.121. The molecule has 0 unspecified atom stereocenters. The van der Waals surface area contributed by atoms with Gasteiger partial charge in [-0.05, 0) is 48.4 Å². The molecule has 48 heavy (non-hydrogen) atoms. The van der Waals surface area contributed by atoms with Gasteiger partial charge in [0, 0.05) is 36.3 Å². The van der Waals surface area contributed by atoms with Crippen LogP contribution >= 0.6 is 11.6 Å². The van der Waals surface area contributed by atoms with Gasteiger partial charge < -0.3 is 4.74 Å². The van der Waals surface area contributed by atoms with Crippen LogP contribution in [0.2, 0.25) is 5.02 Å². The summed E-state index contributed by atoms with van der Waals surface area (Å²) in [7, 11) is -2.91. The van der Waals surface area contributed by atoms with Gasteiger partial charge in [0.2, 0.25) is 0 Å². The van der Waals surface area contributed by atoms with Crippen LogP contribution in [0.5, 0.6) is 5.75 Å². The number of piperidine rings is 1. The van der Waals surface area contributed by atoms with Crippen molar-refractivity contribution in [3.05, 3.63) is 64.5 Å². The Morgan fingerprint density at radius 1 is 1.19 bits per heavy atom. The fourth-order valence-corrected chi connectivity index (χ4v) is 8.80. The molecule has 250 valence electrons. The second-order valence-electron chi connectivity index (χ2n) is 13.4. The van der Waals surface area contributed by atoms with Crippen molar-refractivity contribution in [2.45, 2.75) is 52.2 Å². The smallest absolute Gasteiger partial charge is 0.265 e. The van der Waals surface area contributed by atoms with Crippen LogP contribution in [-0.4, -0.2) is 76.2 Å². The van der Waals surface area contributed by atoms with Crippen molar-refractivity contribution in [3.63, 3.8) is 0 Å². The number of carbonyl (C=O) groups excluding carboxylic acids is 1. The molecule has 1 aromatic carbocycles. The minimum atomic E-state index is -2.91. The van der Waals surface area contributed by atoms with Crippen molar-refractivity contribution < 1.29 is 22.3 Å². The molecule has 1 amide bonds. The first-order valence-electron chi connectivity index (χ1n) is 16.0. The fraction of sp³-hybridized carbons (Fsp3) is 0.441. The molecule has 3 aliphatic rings. The number of amides is 1. The van der Waals surface area contributed by atoms with Crippen LogP contribution in [0, 0.1) is 29.0 Å². The fourth-order valence-electron chi connectivity index (χ4n) is 7.15. The lowest BCUT2D eigenvalue weighted by Crippen LogP contribution is -2.56. The van der Waals surface area contributed by atoms with Crippen molar-refractivity contribution in [2.24, 2.45) is 11.8 Å². The molecule has 2 saturated heterocycles. The van der Waals surface area contributed by atoms with Gasteiger partial charge in [0.25, 0.3) is 5.91 Å². The summed E-state index contributed by atoms with van der Waals surface area (Å²) in [5.74, 6) is 0.355. The van der Waals surface area contributed by atoms with Gasteiger partial charge in [0.05, 0.1) is 58.0 Å². The highest BCUT2D eigenvalue weighted by Gasteiger charge is 2.41. The summed E-state index contributed by atoms with van der Waals surface area (Å²) in [6.07, 6.45) is 4.49. The summed E-state index contributed by atoms with van der Waals surface area (Å²) in [5, 5.41) is 16.2. The molecule has 14 heteroatoms. The van der Waals surface area contributed by atoms with Crippen molar-refractivity contribution in [1.82, 2.24) is 24.6 Å². The van der Waals surface area contributed by atoms with Crippen LogP contribution in [0.25, 0.3) is 22.2 Å². The third kappa shape index (κ3) is 5.90. The largest absolute Gasteiger partial charge is 0.482 e. The van der Waals surface area contributed by atoms with Crippen molar-refractivity contribution in [3.8, 4) is 22.9 Å². The predicted molar refractivity (Wildman–Crippen MR) is 179 cm³/mol. The molecule has 6 heterocycles. The van der Waals surface area contributed by atoms with E-state index in [0.717, 1.165) is 31.0 Å². The van der Waals surface area contributed by atoms with Gasteiger partial charge >= 0.3 is 0 Å². The second-order valence-corrected chi connectivity index (χ2v) is 16.0. The van der Waals surface area contributed by atoms with Crippen LogP contribution in [-0.2, 0) is 27.6 Å². The molecule has 0 radical (unpaired) electrons. The molecule has 0 aliphatic carbocycles. The molecule has 3 aromatic heterocycles. The average Bonchev–Trinajstić information content (AvgIpc) is 3.44. The molecule has 7 rings (SSSR count). The van der Waals surface area contributed by atoms with E-state index < -0.39 is 15.7 Å². The van der Waals surface area contributed by atoms with Gasteiger partial charge in [-0.3, -0.25) is 19.6 Å². The van der Waals surface area contributed by atoms with Crippen molar-refractivity contribution in [1.29, 1.82) is 5.26 Å². The third-order valence-electron chi connectivity index (χ3n) is 9.53. The maximum absolute atomic E-state index is 14.6. The number of hydrogen-bond acceptors (Lipinski definition) is 9. The Morgan fingerprint density at radius 3 is 2.67 bits per heavy atom. The first-order valence-corrected chi connectivity index (χ1v) is 18.2. The maximum Gasteiger partial charge on any atom is 0.265 e. The first kappa shape index (κ1) is 32.4. The normalized spacial score (nSPS) is 21.2. The summed E-state index contributed by atoms with van der Waals surface area (Å²) in [6, 6.07) is 9.08. The summed E-state index contributed by atoms with van der Waals surface area (Å²) in [5.41, 5.74) is 3.78. The number of halogens is 2. The van der Waals surface area contributed by atoms with Crippen LogP contribution in [0.15, 0.2) is 36.7 Å². The number of ether oxygens (including phenoxy) is 1. The molecular weight excluding hydrogens is 657 g/mol. The van der Waals surface area contributed by atoms with Gasteiger partial charge in [-0.25, -0.2) is 22.5 Å². The van der Waals surface area contributed by atoms with E-state index in [4.69, 9.17) is 26.4 Å². The predicted octanol–water partition coefficient (Wildman–Crippen LogP) is 4.96. The molecule has 3 aliphatic heterocycles. The van der Waals surface area contributed by atoms with E-state index in [9.17, 15) is 22.9 Å². The van der Waals surface area contributed by atoms with Gasteiger partial charge in [-0.15, -0.1) is 0 Å². The van der Waals surface area contributed by atoms with Crippen LogP contribution in [0.1, 0.15) is 50.2 Å². The Bertz CT molecular complexity index is 2080. The summed E-state index contributed by atoms with van der Waals surface area (Å²) < 4.78 is 46.1. The summed E-state index contributed by atoms with van der Waals surface area (Å²) >= 11 is 5.88. The molecule has 0 bridgehead atoms. The molecule has 4 aromatic rings. The number of rotatable bonds is 7. The Labute approximate surface area is 283 Å². The molecule has 2 fully saturated rings. The number of benzene rings is 1. The zero-order chi connectivity index (χ0) is 33.9. The maximum atomic E-state index is 14.6. The number of nitrogens with zero attached hydrogens (tertiary/aromatic N) is 7. The minimum Gasteiger partial charge on any atom is -0.482 e. The number of sulfone groups is 1. The van der Waals surface area contributed by atoms with Crippen LogP contribution in [0.4, 0.5) is 10.1 Å². The zero-order valence-electron chi connectivity index (χ0n) is 26.9. The zero-order valence-corrected chi connectivity index (χ0v) is 28.4. The summed E-state index contributed by atoms with van der Waals surface area (Å²) in [6.45, 7) is 7.53. The highest BCUT2D eigenvalue weighted by molar-refractivity contribution is 7.92. The average molecular weight is 692 g/mol. The number of anilines is 1. The standard InChI is InChI=1S/C34H35ClFN7O4S/c1-19(2)8-27-24(11-37)33(21-4-5-30-31(9-21)47-16-32(44)42(30)15-28-26(36)10-22(35)12-38-28)25-13-39-43(34(25)40-27)29-6-7-41(14-20(29)3)23-17-48(45,46)18-23/h4-5,9-10,12-13,19-20,23,29H,6-8,14-18H2,1-3H3/t20-,29-/m1/s1. The monoisotopic (exact) mass is 691 g/mol. The van der Waals surface area contributed by atoms with E-state index in [1.807, 2.05) is 10.7 Å². The quantitative estimate of drug-likeness (QED) is 0.264. The number of likely N-dealkylation sites (tertiary alicyclic amines) is 1. The third-order valence-corrected chi connectivity index (χ3v) is 11.5. The van der Waals surface area contributed by atoms with E-state index in [0.29, 0.717) is 45.9 Å². The molecule has 2 atom stereocenters. The SMILES string of the molecule is CC(C)Cc1nc2c(cnn2[C@@H]2CCN(C3CS(=O)(=O)C3)C[C@H]2C)c(-c2ccc3c(c2)OCC(=O)N3Cc2ncc(Cl)cc2F)c1C#N. The highest BCUT2D eigenvalue weighted by atomic mass is 35.5. The Morgan fingerprint density at radius 2 is 1.98 bits per heavy atom. The van der Waals surface area contributed by atoms with Gasteiger partial charge in [0.1, 0.15) is 17.6 Å². The molecule has 0 saturated carbocycles. The van der Waals surface area contributed by atoms with E-state index in [1.165, 1.54) is 11.1 Å².